The van der Waals surface area contributed by atoms with E-state index in [9.17, 15) is 0 Å². The maximum atomic E-state index is 6.26. The second-order valence-corrected chi connectivity index (χ2v) is 15.9. The Morgan fingerprint density at radius 3 is 1.94 bits per heavy atom. The maximum Gasteiger partial charge on any atom is 0.135 e. The van der Waals surface area contributed by atoms with Crippen LogP contribution in [0.2, 0.25) is 0 Å². The van der Waals surface area contributed by atoms with E-state index in [1.165, 1.54) is 53.6 Å². The van der Waals surface area contributed by atoms with Gasteiger partial charge in [0.2, 0.25) is 0 Å². The lowest BCUT2D eigenvalue weighted by atomic mass is 9.82. The highest BCUT2D eigenvalue weighted by Crippen LogP contribution is 2.54. The van der Waals surface area contributed by atoms with Crippen LogP contribution in [0.3, 0.4) is 0 Å². The van der Waals surface area contributed by atoms with Crippen LogP contribution in [0.15, 0.2) is 180 Å². The quantitative estimate of drug-likeness (QED) is 0.177. The van der Waals surface area contributed by atoms with E-state index in [1.807, 2.05) is 23.5 Å². The lowest BCUT2D eigenvalue weighted by Crippen LogP contribution is -2.15. The lowest BCUT2D eigenvalue weighted by Gasteiger charge is -2.30. The Morgan fingerprint density at radius 1 is 0.444 bits per heavy atom. The third kappa shape index (κ3) is 4.58. The summed E-state index contributed by atoms with van der Waals surface area (Å²) in [7, 11) is 0. The first-order valence-electron chi connectivity index (χ1n) is 18.6. The zero-order valence-electron chi connectivity index (χ0n) is 30.0. The Morgan fingerprint density at radius 2 is 1.07 bits per heavy atom. The summed E-state index contributed by atoms with van der Waals surface area (Å²) in [6, 6.07) is 64.3. The summed E-state index contributed by atoms with van der Waals surface area (Å²) in [5.74, 6) is 0. The molecule has 0 spiro atoms. The van der Waals surface area contributed by atoms with Gasteiger partial charge < -0.3 is 9.32 Å². The molecule has 8 aromatic carbocycles. The highest BCUT2D eigenvalue weighted by atomic mass is 32.1. The third-order valence-corrected chi connectivity index (χ3v) is 12.6. The number of nitrogens with zero attached hydrogens (tertiary/aromatic N) is 1. The molecule has 2 heterocycles. The molecule has 0 saturated heterocycles. The van der Waals surface area contributed by atoms with Crippen molar-refractivity contribution in [1.82, 2.24) is 0 Å². The first-order chi connectivity index (χ1) is 26.5. The predicted octanol–water partition coefficient (Wildman–Crippen LogP) is 15.1. The average molecular weight is 710 g/mol. The largest absolute Gasteiger partial charge is 0.456 e. The van der Waals surface area contributed by atoms with Gasteiger partial charge in [-0.15, -0.1) is 11.3 Å². The summed E-state index contributed by atoms with van der Waals surface area (Å²) in [4.78, 5) is 2.49. The van der Waals surface area contributed by atoms with Crippen molar-refractivity contribution in [1.29, 1.82) is 0 Å². The molecule has 0 aliphatic heterocycles. The van der Waals surface area contributed by atoms with E-state index in [1.54, 1.807) is 0 Å². The first-order valence-corrected chi connectivity index (χ1v) is 19.4. The summed E-state index contributed by atoms with van der Waals surface area (Å²) in [6.07, 6.45) is 0. The van der Waals surface area contributed by atoms with Crippen molar-refractivity contribution >= 4 is 70.5 Å². The molecular formula is C51H35NOS. The molecule has 256 valence electrons. The van der Waals surface area contributed by atoms with Crippen molar-refractivity contribution in [3.63, 3.8) is 0 Å². The van der Waals surface area contributed by atoms with Crippen LogP contribution in [-0.2, 0) is 5.41 Å². The number of hydrogen-bond acceptors (Lipinski definition) is 3. The van der Waals surface area contributed by atoms with Crippen molar-refractivity contribution in [2.75, 3.05) is 4.90 Å². The van der Waals surface area contributed by atoms with Crippen LogP contribution in [0.25, 0.3) is 75.5 Å². The van der Waals surface area contributed by atoms with E-state index < -0.39 is 0 Å². The van der Waals surface area contributed by atoms with Gasteiger partial charge in [0.1, 0.15) is 11.2 Å². The van der Waals surface area contributed by atoms with E-state index in [-0.39, 0.29) is 5.41 Å². The highest BCUT2D eigenvalue weighted by Gasteiger charge is 2.37. The molecule has 0 saturated carbocycles. The number of hydrogen-bond donors (Lipinski definition) is 0. The molecule has 0 radical (unpaired) electrons. The fraction of sp³-hybridized carbons (Fsp3) is 0.0588. The number of anilines is 3. The normalized spacial score (nSPS) is 13.1. The van der Waals surface area contributed by atoms with Crippen molar-refractivity contribution in [3.8, 4) is 33.4 Å². The van der Waals surface area contributed by atoms with E-state index in [4.69, 9.17) is 4.42 Å². The number of fused-ring (bicyclic) bond motifs is 9. The number of thiophene rings is 1. The SMILES string of the molecule is CC1(C)c2ccccc2-c2c(-c3ccccc3N(c3ccc4sc5ccccc5c4c3)c3ccccc3-c3ccc4oc5ccccc5c4c3)cccc21. The summed E-state index contributed by atoms with van der Waals surface area (Å²) in [5.41, 5.74) is 15.2. The average Bonchev–Trinajstić information content (AvgIpc) is 3.86. The van der Waals surface area contributed by atoms with Gasteiger partial charge in [0, 0.05) is 53.2 Å². The molecule has 1 aliphatic rings. The second-order valence-electron chi connectivity index (χ2n) is 14.9. The van der Waals surface area contributed by atoms with Crippen LogP contribution in [-0.4, -0.2) is 0 Å². The van der Waals surface area contributed by atoms with Gasteiger partial charge in [-0.25, -0.2) is 0 Å². The van der Waals surface area contributed by atoms with Gasteiger partial charge in [0.25, 0.3) is 0 Å². The van der Waals surface area contributed by atoms with Gasteiger partial charge >= 0.3 is 0 Å². The topological polar surface area (TPSA) is 16.4 Å². The molecule has 3 heteroatoms. The molecule has 54 heavy (non-hydrogen) atoms. The maximum absolute atomic E-state index is 6.26. The van der Waals surface area contributed by atoms with Crippen molar-refractivity contribution in [2.45, 2.75) is 19.3 Å². The van der Waals surface area contributed by atoms with Gasteiger partial charge in [-0.1, -0.05) is 135 Å². The monoisotopic (exact) mass is 709 g/mol. The van der Waals surface area contributed by atoms with Gasteiger partial charge in [-0.05, 0) is 88.0 Å². The van der Waals surface area contributed by atoms with Crippen LogP contribution >= 0.6 is 11.3 Å². The number of furan rings is 1. The zero-order chi connectivity index (χ0) is 36.0. The Balaban J connectivity index is 1.19. The number of para-hydroxylation sites is 3. The highest BCUT2D eigenvalue weighted by molar-refractivity contribution is 7.25. The Bertz CT molecular complexity index is 3110. The smallest absolute Gasteiger partial charge is 0.135 e. The third-order valence-electron chi connectivity index (χ3n) is 11.5. The van der Waals surface area contributed by atoms with Crippen LogP contribution in [0, 0.1) is 0 Å². The minimum atomic E-state index is -0.0931. The summed E-state index contributed by atoms with van der Waals surface area (Å²) in [5, 5.41) is 4.82. The standard InChI is InChI=1S/C51H35NOS/c1-51(2)42-20-8-3-18-39(42)50-38(19-13-21-43(50)51)35-15-5-10-23-45(35)52(33-27-29-49-41(31-33)37-17-7-12-25-48(37)54-49)44-22-9-4-14-34(44)32-26-28-47-40(30-32)36-16-6-11-24-46(36)53-47/h3-31H,1-2H3. The van der Waals surface area contributed by atoms with Crippen LogP contribution in [0.5, 0.6) is 0 Å². The molecule has 10 aromatic rings. The zero-order valence-corrected chi connectivity index (χ0v) is 30.8. The Labute approximate surface area is 318 Å². The summed E-state index contributed by atoms with van der Waals surface area (Å²) >= 11 is 1.86. The number of rotatable bonds is 5. The molecular weight excluding hydrogens is 675 g/mol. The molecule has 2 aromatic heterocycles. The molecule has 0 bridgehead atoms. The molecule has 0 amide bonds. The molecule has 0 unspecified atom stereocenters. The summed E-state index contributed by atoms with van der Waals surface area (Å²) < 4.78 is 8.85. The number of benzene rings is 8. The minimum absolute atomic E-state index is 0.0931. The van der Waals surface area contributed by atoms with E-state index >= 15 is 0 Å². The Kier molecular flexibility index (Phi) is 6.80. The van der Waals surface area contributed by atoms with Crippen molar-refractivity contribution in [3.05, 3.63) is 187 Å². The fourth-order valence-corrected chi connectivity index (χ4v) is 10.0. The Hall–Kier alpha value is -6.42. The first kappa shape index (κ1) is 31.1. The minimum Gasteiger partial charge on any atom is -0.456 e. The van der Waals surface area contributed by atoms with Gasteiger partial charge in [-0.3, -0.25) is 0 Å². The van der Waals surface area contributed by atoms with Crippen LogP contribution < -0.4 is 4.90 Å². The molecule has 1 aliphatic carbocycles. The molecule has 0 fully saturated rings. The van der Waals surface area contributed by atoms with Crippen LogP contribution in [0.1, 0.15) is 25.0 Å². The van der Waals surface area contributed by atoms with E-state index in [0.717, 1.165) is 50.1 Å². The van der Waals surface area contributed by atoms with Gasteiger partial charge in [0.05, 0.1) is 11.4 Å². The van der Waals surface area contributed by atoms with E-state index in [2.05, 4.69) is 183 Å². The van der Waals surface area contributed by atoms with Gasteiger partial charge in [0.15, 0.2) is 0 Å². The lowest BCUT2D eigenvalue weighted by molar-refractivity contribution is 0.660. The van der Waals surface area contributed by atoms with Crippen molar-refractivity contribution < 1.29 is 4.42 Å². The fourth-order valence-electron chi connectivity index (χ4n) is 8.94. The predicted molar refractivity (Wildman–Crippen MR) is 230 cm³/mol. The molecule has 11 rings (SSSR count). The molecule has 0 atom stereocenters. The second kappa shape index (κ2) is 11.8. The molecule has 2 nitrogen and oxygen atoms in total. The van der Waals surface area contributed by atoms with E-state index in [0.29, 0.717) is 0 Å². The molecule has 0 N–H and O–H groups in total. The van der Waals surface area contributed by atoms with Crippen molar-refractivity contribution in [2.24, 2.45) is 0 Å². The van der Waals surface area contributed by atoms with Crippen LogP contribution in [0.4, 0.5) is 17.1 Å². The van der Waals surface area contributed by atoms with Gasteiger partial charge in [-0.2, -0.15) is 0 Å². The summed E-state index contributed by atoms with van der Waals surface area (Å²) in [6.45, 7) is 4.71.